The van der Waals surface area contributed by atoms with Crippen molar-refractivity contribution in [2.24, 2.45) is 0 Å². The molecular formula is C21H18F3N7O2. The van der Waals surface area contributed by atoms with E-state index in [0.717, 1.165) is 10.2 Å². The Bertz CT molecular complexity index is 1340. The highest BCUT2D eigenvalue weighted by Gasteiger charge is 2.34. The summed E-state index contributed by atoms with van der Waals surface area (Å²) in [6, 6.07) is 4.81. The summed E-state index contributed by atoms with van der Waals surface area (Å²) < 4.78 is 40.6. The van der Waals surface area contributed by atoms with Gasteiger partial charge in [0.05, 0.1) is 17.3 Å². The van der Waals surface area contributed by atoms with Crippen LogP contribution in [0.25, 0.3) is 10.9 Å². The fraction of sp³-hybridized carbons (Fsp3) is 0.238. The lowest BCUT2D eigenvalue weighted by Gasteiger charge is -2.08. The zero-order valence-electron chi connectivity index (χ0n) is 17.5. The molecule has 0 unspecified atom stereocenters. The number of aromatic nitrogens is 6. The average molecular weight is 457 g/mol. The summed E-state index contributed by atoms with van der Waals surface area (Å²) in [7, 11) is 0. The van der Waals surface area contributed by atoms with Gasteiger partial charge in [-0.1, -0.05) is 5.21 Å². The molecule has 12 heteroatoms. The molecule has 4 aromatic heterocycles. The molecule has 4 aromatic rings. The van der Waals surface area contributed by atoms with Gasteiger partial charge >= 0.3 is 6.18 Å². The van der Waals surface area contributed by atoms with Crippen LogP contribution >= 0.6 is 0 Å². The molecule has 4 rings (SSSR count). The number of carbonyl (C=O) groups excluding carboxylic acids is 2. The maximum atomic E-state index is 13.2. The van der Waals surface area contributed by atoms with Crippen molar-refractivity contribution < 1.29 is 22.8 Å². The molecule has 0 aliphatic carbocycles. The van der Waals surface area contributed by atoms with Crippen molar-refractivity contribution in [1.82, 2.24) is 29.5 Å². The number of ketones is 1. The highest BCUT2D eigenvalue weighted by Crippen LogP contribution is 2.27. The number of pyridine rings is 2. The number of anilines is 1. The molecule has 33 heavy (non-hydrogen) atoms. The van der Waals surface area contributed by atoms with Crippen molar-refractivity contribution in [2.75, 3.05) is 5.32 Å². The van der Waals surface area contributed by atoms with Crippen molar-refractivity contribution >= 4 is 28.3 Å². The molecule has 1 amide bonds. The zero-order chi connectivity index (χ0) is 23.8. The Labute approximate surface area is 185 Å². The summed E-state index contributed by atoms with van der Waals surface area (Å²) in [5.41, 5.74) is 0.450. The highest BCUT2D eigenvalue weighted by molar-refractivity contribution is 6.15. The maximum absolute atomic E-state index is 13.2. The van der Waals surface area contributed by atoms with E-state index < -0.39 is 24.3 Å². The van der Waals surface area contributed by atoms with Gasteiger partial charge in [0.15, 0.2) is 5.69 Å². The maximum Gasteiger partial charge on any atom is 0.436 e. The highest BCUT2D eigenvalue weighted by atomic mass is 19.4. The predicted molar refractivity (Wildman–Crippen MR) is 111 cm³/mol. The Hall–Kier alpha value is -4.09. The molecular weight excluding hydrogens is 439 g/mol. The van der Waals surface area contributed by atoms with Gasteiger partial charge in [-0.05, 0) is 32.0 Å². The van der Waals surface area contributed by atoms with E-state index >= 15 is 0 Å². The van der Waals surface area contributed by atoms with E-state index in [1.54, 1.807) is 18.6 Å². The van der Waals surface area contributed by atoms with Gasteiger partial charge in [-0.2, -0.15) is 13.2 Å². The molecule has 0 saturated carbocycles. The first-order valence-corrected chi connectivity index (χ1v) is 9.86. The number of nitrogens with zero attached hydrogens (tertiary/aromatic N) is 6. The van der Waals surface area contributed by atoms with Crippen molar-refractivity contribution in [3.63, 3.8) is 0 Å². The number of alkyl halides is 3. The monoisotopic (exact) mass is 457 g/mol. The quantitative estimate of drug-likeness (QED) is 0.444. The standard InChI is InChI=1S/C21H18F3N7O2/c1-12(2)31-9-15(14-8-25-5-4-17(14)31)20(33)16-7-13(3-6-26-16)27-19(32)11-30-10-18(28-29-30)21(22,23)24/h3-10,12H,11H2,1-2H3,(H,26,27,32). The van der Waals surface area contributed by atoms with Gasteiger partial charge in [0.1, 0.15) is 12.2 Å². The Morgan fingerprint density at radius 2 is 1.94 bits per heavy atom. The van der Waals surface area contributed by atoms with E-state index in [1.165, 1.54) is 18.3 Å². The molecule has 0 atom stereocenters. The minimum Gasteiger partial charge on any atom is -0.344 e. The molecule has 1 N–H and O–H groups in total. The number of hydrogen-bond acceptors (Lipinski definition) is 6. The molecule has 0 aliphatic rings. The van der Waals surface area contributed by atoms with Crippen LogP contribution in [-0.4, -0.2) is 41.2 Å². The first-order chi connectivity index (χ1) is 15.6. The van der Waals surface area contributed by atoms with Crippen LogP contribution in [0, 0.1) is 0 Å². The van der Waals surface area contributed by atoms with Crippen LogP contribution in [0.2, 0.25) is 0 Å². The number of halogens is 3. The summed E-state index contributed by atoms with van der Waals surface area (Å²) >= 11 is 0. The molecule has 0 aliphatic heterocycles. The molecule has 9 nitrogen and oxygen atoms in total. The second kappa shape index (κ2) is 8.45. The molecule has 0 bridgehead atoms. The number of fused-ring (bicyclic) bond motifs is 1. The number of nitrogens with one attached hydrogen (secondary N) is 1. The normalized spacial score (nSPS) is 11.8. The number of amides is 1. The first-order valence-electron chi connectivity index (χ1n) is 9.86. The van der Waals surface area contributed by atoms with Crippen molar-refractivity contribution in [2.45, 2.75) is 32.6 Å². The smallest absolute Gasteiger partial charge is 0.344 e. The van der Waals surface area contributed by atoms with Crippen molar-refractivity contribution in [1.29, 1.82) is 0 Å². The van der Waals surface area contributed by atoms with Gasteiger partial charge in [-0.15, -0.1) is 5.10 Å². The van der Waals surface area contributed by atoms with Crippen LogP contribution < -0.4 is 5.32 Å². The van der Waals surface area contributed by atoms with Gasteiger partial charge < -0.3 is 9.88 Å². The average Bonchev–Trinajstić information content (AvgIpc) is 3.38. The fourth-order valence-corrected chi connectivity index (χ4v) is 3.33. The van der Waals surface area contributed by atoms with E-state index in [2.05, 4.69) is 25.6 Å². The SMILES string of the molecule is CC(C)n1cc(C(=O)c2cc(NC(=O)Cn3cc(C(F)(F)F)nn3)ccn2)c2cnccc21. The molecule has 0 spiro atoms. The summed E-state index contributed by atoms with van der Waals surface area (Å²) in [6.45, 7) is 3.51. The van der Waals surface area contributed by atoms with Gasteiger partial charge in [-0.3, -0.25) is 19.6 Å². The first kappa shape index (κ1) is 22.1. The molecule has 0 radical (unpaired) electrons. The Kier molecular flexibility index (Phi) is 5.66. The molecule has 4 heterocycles. The van der Waals surface area contributed by atoms with Crippen molar-refractivity contribution in [3.05, 3.63) is 66.1 Å². The number of carbonyl (C=O) groups is 2. The lowest BCUT2D eigenvalue weighted by atomic mass is 10.1. The van der Waals surface area contributed by atoms with Crippen LogP contribution in [-0.2, 0) is 17.5 Å². The number of hydrogen-bond donors (Lipinski definition) is 1. The van der Waals surface area contributed by atoms with E-state index in [-0.39, 0.29) is 23.2 Å². The summed E-state index contributed by atoms with van der Waals surface area (Å²) in [5, 5.41) is 9.52. The van der Waals surface area contributed by atoms with Crippen LogP contribution in [0.3, 0.4) is 0 Å². The lowest BCUT2D eigenvalue weighted by Crippen LogP contribution is -2.19. The van der Waals surface area contributed by atoms with Gasteiger partial charge in [0.2, 0.25) is 11.7 Å². The largest absolute Gasteiger partial charge is 0.436 e. The Morgan fingerprint density at radius 3 is 2.64 bits per heavy atom. The van der Waals surface area contributed by atoms with Gasteiger partial charge in [-0.25, -0.2) is 4.68 Å². The topological polar surface area (TPSA) is 108 Å². The predicted octanol–water partition coefficient (Wildman–Crippen LogP) is 3.49. The molecule has 0 fully saturated rings. The summed E-state index contributed by atoms with van der Waals surface area (Å²) in [5.74, 6) is -0.992. The van der Waals surface area contributed by atoms with E-state index in [1.807, 2.05) is 24.5 Å². The van der Waals surface area contributed by atoms with E-state index in [9.17, 15) is 22.8 Å². The third kappa shape index (κ3) is 4.59. The van der Waals surface area contributed by atoms with Crippen LogP contribution in [0.15, 0.2) is 49.2 Å². The van der Waals surface area contributed by atoms with E-state index in [4.69, 9.17) is 0 Å². The van der Waals surface area contributed by atoms with Crippen LogP contribution in [0.4, 0.5) is 18.9 Å². The minimum atomic E-state index is -4.65. The van der Waals surface area contributed by atoms with E-state index in [0.29, 0.717) is 17.1 Å². The van der Waals surface area contributed by atoms with Crippen LogP contribution in [0.5, 0.6) is 0 Å². The summed E-state index contributed by atoms with van der Waals surface area (Å²) in [4.78, 5) is 33.6. The van der Waals surface area contributed by atoms with Gasteiger partial charge in [0, 0.05) is 41.9 Å². The lowest BCUT2D eigenvalue weighted by molar-refractivity contribution is -0.141. The van der Waals surface area contributed by atoms with Crippen LogP contribution in [0.1, 0.15) is 41.6 Å². The zero-order valence-corrected chi connectivity index (χ0v) is 17.5. The third-order valence-corrected chi connectivity index (χ3v) is 4.85. The second-order valence-corrected chi connectivity index (χ2v) is 7.54. The van der Waals surface area contributed by atoms with Gasteiger partial charge in [0.25, 0.3) is 0 Å². The molecule has 0 saturated heterocycles. The van der Waals surface area contributed by atoms with Crippen molar-refractivity contribution in [3.8, 4) is 0 Å². The Morgan fingerprint density at radius 1 is 1.15 bits per heavy atom. The number of rotatable bonds is 6. The molecule has 170 valence electrons. The minimum absolute atomic E-state index is 0.0968. The third-order valence-electron chi connectivity index (χ3n) is 4.85. The molecule has 0 aromatic carbocycles. The second-order valence-electron chi connectivity index (χ2n) is 7.54. The summed E-state index contributed by atoms with van der Waals surface area (Å²) in [6.07, 6.45) is 2.36. The Balaban J connectivity index is 1.54. The fourth-order valence-electron chi connectivity index (χ4n) is 3.33.